The van der Waals surface area contributed by atoms with Gasteiger partial charge in [0.25, 0.3) is 0 Å². The van der Waals surface area contributed by atoms with Crippen LogP contribution in [0.25, 0.3) is 6.08 Å². The van der Waals surface area contributed by atoms with Crippen LogP contribution in [0.15, 0.2) is 48.0 Å². The lowest BCUT2D eigenvalue weighted by atomic mass is 9.75. The normalized spacial score (nSPS) is 21.7. The maximum absolute atomic E-state index is 9.60. The number of halogens is 1. The first-order chi connectivity index (χ1) is 15.1. The summed E-state index contributed by atoms with van der Waals surface area (Å²) in [6.45, 7) is 15.6. The van der Waals surface area contributed by atoms with Crippen LogP contribution in [0.5, 0.6) is 0 Å². The molecule has 32 heavy (non-hydrogen) atoms. The molecule has 0 radical (unpaired) electrons. The van der Waals surface area contributed by atoms with E-state index in [4.69, 9.17) is 4.74 Å². The summed E-state index contributed by atoms with van der Waals surface area (Å²) in [6, 6.07) is 15.3. The molecule has 0 aliphatic carbocycles. The summed E-state index contributed by atoms with van der Waals surface area (Å²) in [5.41, 5.74) is 7.71. The molecule has 1 aliphatic heterocycles. The molecule has 176 valence electrons. The van der Waals surface area contributed by atoms with Crippen molar-refractivity contribution in [2.45, 2.75) is 89.3 Å². The minimum Gasteiger partial charge on any atom is -0.394 e. The maximum atomic E-state index is 9.60. The number of hydrogen-bond acceptors (Lipinski definition) is 2. The van der Waals surface area contributed by atoms with Crippen LogP contribution >= 0.6 is 22.6 Å². The van der Waals surface area contributed by atoms with Crippen molar-refractivity contribution in [1.29, 1.82) is 0 Å². The zero-order valence-electron chi connectivity index (χ0n) is 20.9. The Morgan fingerprint density at radius 1 is 1.09 bits per heavy atom. The highest BCUT2D eigenvalue weighted by Gasteiger charge is 2.31. The van der Waals surface area contributed by atoms with E-state index in [1.165, 1.54) is 39.8 Å². The van der Waals surface area contributed by atoms with Gasteiger partial charge in [-0.2, -0.15) is 0 Å². The van der Waals surface area contributed by atoms with Crippen LogP contribution in [0.1, 0.15) is 87.8 Å². The van der Waals surface area contributed by atoms with E-state index in [2.05, 4.69) is 120 Å². The van der Waals surface area contributed by atoms with Crippen molar-refractivity contribution >= 4 is 28.7 Å². The topological polar surface area (TPSA) is 29.5 Å². The van der Waals surface area contributed by atoms with Crippen molar-refractivity contribution in [3.05, 3.63) is 75.9 Å². The summed E-state index contributed by atoms with van der Waals surface area (Å²) in [5, 5.41) is 9.60. The number of rotatable bonds is 5. The second-order valence-corrected chi connectivity index (χ2v) is 11.3. The van der Waals surface area contributed by atoms with Crippen LogP contribution in [0.2, 0.25) is 0 Å². The van der Waals surface area contributed by atoms with Crippen molar-refractivity contribution in [3.8, 4) is 0 Å². The number of hydrogen-bond donors (Lipinski definition) is 1. The largest absolute Gasteiger partial charge is 0.394 e. The van der Waals surface area contributed by atoms with Crippen molar-refractivity contribution in [3.63, 3.8) is 0 Å². The Kier molecular flexibility index (Phi) is 10.4. The Hall–Kier alpha value is -1.17. The first-order valence-corrected chi connectivity index (χ1v) is 13.1. The van der Waals surface area contributed by atoms with Gasteiger partial charge in [-0.05, 0) is 61.4 Å². The summed E-state index contributed by atoms with van der Waals surface area (Å²) in [6.07, 6.45) is 5.49. The van der Waals surface area contributed by atoms with Crippen molar-refractivity contribution < 1.29 is 9.84 Å². The van der Waals surface area contributed by atoms with E-state index in [0.29, 0.717) is 3.92 Å². The highest BCUT2D eigenvalue weighted by molar-refractivity contribution is 14.1. The first kappa shape index (κ1) is 27.1. The second-order valence-electron chi connectivity index (χ2n) is 9.59. The van der Waals surface area contributed by atoms with Crippen molar-refractivity contribution in [2.75, 3.05) is 6.61 Å². The lowest BCUT2D eigenvalue weighted by Crippen LogP contribution is -2.31. The highest BCUT2D eigenvalue weighted by Crippen LogP contribution is 2.39. The molecule has 1 saturated heterocycles. The Balaban J connectivity index is 0.00000114. The summed E-state index contributed by atoms with van der Waals surface area (Å²) in [4.78, 5) is 0. The number of ether oxygens (including phenoxy) is 1. The monoisotopic (exact) mass is 548 g/mol. The quantitative estimate of drug-likeness (QED) is 0.302. The minimum absolute atomic E-state index is 0.0543. The van der Waals surface area contributed by atoms with E-state index in [-0.39, 0.29) is 24.2 Å². The van der Waals surface area contributed by atoms with E-state index in [1.807, 2.05) is 0 Å². The SMILES string of the molecule is C/C(=C\c1ccccc1C)C(C)(C)c1cc(C2CC(I)CC(CO)O2)ccc1C.CCC. The molecule has 0 amide bonds. The molecule has 2 aromatic carbocycles. The predicted molar refractivity (Wildman–Crippen MR) is 147 cm³/mol. The number of aliphatic hydroxyl groups excluding tert-OH is 1. The minimum atomic E-state index is -0.0862. The van der Waals surface area contributed by atoms with Gasteiger partial charge in [0.1, 0.15) is 0 Å². The van der Waals surface area contributed by atoms with E-state index in [1.54, 1.807) is 0 Å². The molecule has 3 atom stereocenters. The number of aryl methyl sites for hydroxylation is 2. The van der Waals surface area contributed by atoms with Gasteiger partial charge in [-0.1, -0.05) is 111 Å². The summed E-state index contributed by atoms with van der Waals surface area (Å²) in [7, 11) is 0. The zero-order valence-corrected chi connectivity index (χ0v) is 23.1. The van der Waals surface area contributed by atoms with Crippen LogP contribution in [-0.2, 0) is 10.2 Å². The van der Waals surface area contributed by atoms with Crippen LogP contribution in [0.3, 0.4) is 0 Å². The third kappa shape index (κ3) is 6.91. The predicted octanol–water partition coefficient (Wildman–Crippen LogP) is 8.12. The van der Waals surface area contributed by atoms with Crippen LogP contribution in [0.4, 0.5) is 0 Å². The Bertz CT molecular complexity index is 900. The molecule has 0 saturated carbocycles. The summed E-state index contributed by atoms with van der Waals surface area (Å²) >= 11 is 2.49. The molecule has 2 nitrogen and oxygen atoms in total. The van der Waals surface area contributed by atoms with Crippen LogP contribution in [0, 0.1) is 13.8 Å². The molecule has 1 aliphatic rings. The second kappa shape index (κ2) is 12.3. The molecule has 0 spiro atoms. The van der Waals surface area contributed by atoms with Gasteiger partial charge in [-0.25, -0.2) is 0 Å². The summed E-state index contributed by atoms with van der Waals surface area (Å²) < 4.78 is 6.73. The van der Waals surface area contributed by atoms with Gasteiger partial charge in [-0.3, -0.25) is 0 Å². The molecule has 3 heteroatoms. The third-order valence-corrected chi connectivity index (χ3v) is 7.42. The fourth-order valence-electron chi connectivity index (χ4n) is 4.18. The van der Waals surface area contributed by atoms with Crippen molar-refractivity contribution in [1.82, 2.24) is 0 Å². The number of alkyl halides is 1. The van der Waals surface area contributed by atoms with Crippen LogP contribution < -0.4 is 0 Å². The molecule has 1 N–H and O–H groups in total. The van der Waals surface area contributed by atoms with Crippen molar-refractivity contribution in [2.24, 2.45) is 0 Å². The molecule has 2 aromatic rings. The lowest BCUT2D eigenvalue weighted by molar-refractivity contribution is -0.0697. The smallest absolute Gasteiger partial charge is 0.0840 e. The molecular weight excluding hydrogens is 507 g/mol. The van der Waals surface area contributed by atoms with Gasteiger partial charge >= 0.3 is 0 Å². The molecule has 1 heterocycles. The van der Waals surface area contributed by atoms with Gasteiger partial charge in [0, 0.05) is 9.34 Å². The lowest BCUT2D eigenvalue weighted by Gasteiger charge is -2.34. The zero-order chi connectivity index (χ0) is 23.9. The molecule has 3 rings (SSSR count). The first-order valence-electron chi connectivity index (χ1n) is 11.9. The fraction of sp³-hybridized carbons (Fsp3) is 0.517. The van der Waals surface area contributed by atoms with Crippen LogP contribution in [-0.4, -0.2) is 21.7 Å². The number of aliphatic hydroxyl groups is 1. The van der Waals surface area contributed by atoms with Gasteiger partial charge in [0.2, 0.25) is 0 Å². The Labute approximate surface area is 209 Å². The Morgan fingerprint density at radius 2 is 1.75 bits per heavy atom. The average molecular weight is 549 g/mol. The summed E-state index contributed by atoms with van der Waals surface area (Å²) in [5.74, 6) is 0. The average Bonchev–Trinajstić information content (AvgIpc) is 2.75. The number of benzene rings is 2. The van der Waals surface area contributed by atoms with E-state index in [9.17, 15) is 5.11 Å². The molecule has 0 aromatic heterocycles. The molecule has 1 fully saturated rings. The maximum Gasteiger partial charge on any atom is 0.0840 e. The fourth-order valence-corrected chi connectivity index (χ4v) is 5.21. The molecular formula is C29H41IO2. The molecule has 3 unspecified atom stereocenters. The van der Waals surface area contributed by atoms with Gasteiger partial charge in [0.05, 0.1) is 18.8 Å². The van der Waals surface area contributed by atoms with E-state index < -0.39 is 0 Å². The van der Waals surface area contributed by atoms with E-state index >= 15 is 0 Å². The van der Waals surface area contributed by atoms with Gasteiger partial charge in [0.15, 0.2) is 0 Å². The van der Waals surface area contributed by atoms with Gasteiger partial charge < -0.3 is 9.84 Å². The molecule has 0 bridgehead atoms. The Morgan fingerprint density at radius 3 is 2.38 bits per heavy atom. The van der Waals surface area contributed by atoms with Gasteiger partial charge in [-0.15, -0.1) is 0 Å². The number of allylic oxidation sites excluding steroid dienone is 1. The highest BCUT2D eigenvalue weighted by atomic mass is 127. The van der Waals surface area contributed by atoms with E-state index in [0.717, 1.165) is 12.8 Å². The third-order valence-electron chi connectivity index (χ3n) is 6.40. The standard InChI is InChI=1S/C26H33IO2.C3H8/c1-17-8-6-7-9-20(17)12-19(3)26(4,5)24-13-21(11-10-18(24)2)25-15-22(27)14-23(16-28)29-25;1-3-2/h6-13,22-23,25,28H,14-16H2,1-5H3;3H2,1-2H3/b19-12+;.